The van der Waals surface area contributed by atoms with Gasteiger partial charge in [-0.15, -0.1) is 0 Å². The third-order valence-electron chi connectivity index (χ3n) is 3.68. The quantitative estimate of drug-likeness (QED) is 0.711. The summed E-state index contributed by atoms with van der Waals surface area (Å²) in [4.78, 5) is 0. The van der Waals surface area contributed by atoms with E-state index in [0.29, 0.717) is 0 Å². The Labute approximate surface area is 116 Å². The van der Waals surface area contributed by atoms with E-state index in [4.69, 9.17) is 5.73 Å². The SMILES string of the molecule is Nc1ccccc1.c1ccc(C2CCCCC2)cc1. The largest absolute Gasteiger partial charge is 0.399 e. The predicted octanol–water partition coefficient (Wildman–Crippen LogP) is 5.00. The normalized spacial score (nSPS) is 15.4. The minimum Gasteiger partial charge on any atom is -0.399 e. The van der Waals surface area contributed by atoms with Gasteiger partial charge in [0.05, 0.1) is 0 Å². The third kappa shape index (κ3) is 4.78. The summed E-state index contributed by atoms with van der Waals surface area (Å²) in [7, 11) is 0. The molecule has 3 rings (SSSR count). The van der Waals surface area contributed by atoms with Gasteiger partial charge in [-0.3, -0.25) is 0 Å². The van der Waals surface area contributed by atoms with Gasteiger partial charge in [-0.05, 0) is 36.5 Å². The molecule has 0 bridgehead atoms. The molecule has 100 valence electrons. The number of rotatable bonds is 1. The molecule has 0 heterocycles. The van der Waals surface area contributed by atoms with E-state index in [1.165, 1.54) is 32.1 Å². The second kappa shape index (κ2) is 7.63. The van der Waals surface area contributed by atoms with Gasteiger partial charge in [-0.25, -0.2) is 0 Å². The third-order valence-corrected chi connectivity index (χ3v) is 3.68. The summed E-state index contributed by atoms with van der Waals surface area (Å²) in [6.45, 7) is 0. The maximum atomic E-state index is 5.36. The number of hydrogen-bond donors (Lipinski definition) is 1. The van der Waals surface area contributed by atoms with E-state index in [2.05, 4.69) is 30.3 Å². The minimum atomic E-state index is 0.822. The molecule has 2 aromatic carbocycles. The Balaban J connectivity index is 0.000000163. The first kappa shape index (κ1) is 13.7. The zero-order valence-electron chi connectivity index (χ0n) is 11.5. The van der Waals surface area contributed by atoms with Crippen LogP contribution in [0.15, 0.2) is 60.7 Å². The lowest BCUT2D eigenvalue weighted by atomic mass is 9.84. The van der Waals surface area contributed by atoms with E-state index in [0.717, 1.165) is 11.6 Å². The van der Waals surface area contributed by atoms with Crippen molar-refractivity contribution >= 4 is 5.69 Å². The molecule has 0 aliphatic heterocycles. The molecule has 1 aliphatic carbocycles. The maximum absolute atomic E-state index is 5.36. The first-order chi connectivity index (χ1) is 9.36. The van der Waals surface area contributed by atoms with Crippen molar-refractivity contribution in [1.82, 2.24) is 0 Å². The second-order valence-corrected chi connectivity index (χ2v) is 5.16. The molecule has 1 aliphatic rings. The molecule has 1 heteroatoms. The molecule has 0 unspecified atom stereocenters. The Morgan fingerprint density at radius 2 is 1.21 bits per heavy atom. The standard InChI is InChI=1S/C12H16.C6H7N/c1-3-7-11(8-4-1)12-9-5-2-6-10-12;7-6-4-2-1-3-5-6/h1,3-4,7-8,12H,2,5-6,9-10H2;1-5H,7H2. The van der Waals surface area contributed by atoms with Gasteiger partial charge in [0.15, 0.2) is 0 Å². The van der Waals surface area contributed by atoms with Crippen molar-refractivity contribution in [3.63, 3.8) is 0 Å². The number of nitrogens with two attached hydrogens (primary N) is 1. The van der Waals surface area contributed by atoms with E-state index in [1.807, 2.05) is 30.3 Å². The molecule has 2 N–H and O–H groups in total. The maximum Gasteiger partial charge on any atom is 0.0313 e. The van der Waals surface area contributed by atoms with Crippen LogP contribution in [0.3, 0.4) is 0 Å². The average molecular weight is 253 g/mol. The van der Waals surface area contributed by atoms with Crippen molar-refractivity contribution in [2.24, 2.45) is 0 Å². The van der Waals surface area contributed by atoms with Gasteiger partial charge in [0, 0.05) is 5.69 Å². The second-order valence-electron chi connectivity index (χ2n) is 5.16. The van der Waals surface area contributed by atoms with Crippen LogP contribution >= 0.6 is 0 Å². The highest BCUT2D eigenvalue weighted by Gasteiger charge is 2.14. The van der Waals surface area contributed by atoms with Gasteiger partial charge in [0.1, 0.15) is 0 Å². The van der Waals surface area contributed by atoms with Crippen molar-refractivity contribution in [2.75, 3.05) is 5.73 Å². The highest BCUT2D eigenvalue weighted by Crippen LogP contribution is 2.32. The molecule has 0 atom stereocenters. The summed E-state index contributed by atoms with van der Waals surface area (Å²) < 4.78 is 0. The number of benzene rings is 2. The van der Waals surface area contributed by atoms with Crippen molar-refractivity contribution in [2.45, 2.75) is 38.0 Å². The lowest BCUT2D eigenvalue weighted by Crippen LogP contribution is -2.03. The summed E-state index contributed by atoms with van der Waals surface area (Å²) in [5.41, 5.74) is 7.73. The molecule has 0 amide bonds. The fourth-order valence-electron chi connectivity index (χ4n) is 2.61. The van der Waals surface area contributed by atoms with E-state index in [9.17, 15) is 0 Å². The average Bonchev–Trinajstić information content (AvgIpc) is 2.51. The lowest BCUT2D eigenvalue weighted by Gasteiger charge is -2.21. The van der Waals surface area contributed by atoms with Crippen LogP contribution in [-0.4, -0.2) is 0 Å². The van der Waals surface area contributed by atoms with Crippen LogP contribution in [0.25, 0.3) is 0 Å². The van der Waals surface area contributed by atoms with Crippen LogP contribution in [0.1, 0.15) is 43.6 Å². The summed E-state index contributed by atoms with van der Waals surface area (Å²) in [5.74, 6) is 0.861. The minimum absolute atomic E-state index is 0.822. The molecule has 1 saturated carbocycles. The fraction of sp³-hybridized carbons (Fsp3) is 0.333. The Morgan fingerprint density at radius 1 is 0.684 bits per heavy atom. The van der Waals surface area contributed by atoms with Gasteiger partial charge < -0.3 is 5.73 Å². The summed E-state index contributed by atoms with van der Waals surface area (Å²) in [5, 5.41) is 0. The van der Waals surface area contributed by atoms with Gasteiger partial charge in [-0.2, -0.15) is 0 Å². The molecule has 0 spiro atoms. The van der Waals surface area contributed by atoms with Crippen LogP contribution in [0.2, 0.25) is 0 Å². The predicted molar refractivity (Wildman–Crippen MR) is 83.1 cm³/mol. The monoisotopic (exact) mass is 253 g/mol. The summed E-state index contributed by atoms with van der Waals surface area (Å²) in [6, 6.07) is 20.5. The molecule has 0 saturated heterocycles. The lowest BCUT2D eigenvalue weighted by molar-refractivity contribution is 0.443. The van der Waals surface area contributed by atoms with Crippen LogP contribution in [-0.2, 0) is 0 Å². The van der Waals surface area contributed by atoms with E-state index in [-0.39, 0.29) is 0 Å². The molecule has 1 fully saturated rings. The number of hydrogen-bond acceptors (Lipinski definition) is 1. The molecule has 2 aromatic rings. The number of para-hydroxylation sites is 1. The van der Waals surface area contributed by atoms with E-state index >= 15 is 0 Å². The first-order valence-electron chi connectivity index (χ1n) is 7.22. The molecular weight excluding hydrogens is 230 g/mol. The Bertz CT molecular complexity index is 444. The number of anilines is 1. The van der Waals surface area contributed by atoms with Gasteiger partial charge in [0.25, 0.3) is 0 Å². The molecule has 0 radical (unpaired) electrons. The van der Waals surface area contributed by atoms with Crippen LogP contribution in [0.4, 0.5) is 5.69 Å². The zero-order chi connectivity index (χ0) is 13.3. The smallest absolute Gasteiger partial charge is 0.0313 e. The molecule has 1 nitrogen and oxygen atoms in total. The van der Waals surface area contributed by atoms with Crippen molar-refractivity contribution in [1.29, 1.82) is 0 Å². The van der Waals surface area contributed by atoms with Gasteiger partial charge in [0.2, 0.25) is 0 Å². The molecular formula is C18H23N. The van der Waals surface area contributed by atoms with Gasteiger partial charge >= 0.3 is 0 Å². The van der Waals surface area contributed by atoms with E-state index < -0.39 is 0 Å². The van der Waals surface area contributed by atoms with Crippen molar-refractivity contribution < 1.29 is 0 Å². The van der Waals surface area contributed by atoms with Crippen LogP contribution in [0.5, 0.6) is 0 Å². The Hall–Kier alpha value is -1.76. The first-order valence-corrected chi connectivity index (χ1v) is 7.22. The topological polar surface area (TPSA) is 26.0 Å². The van der Waals surface area contributed by atoms with E-state index in [1.54, 1.807) is 5.56 Å². The Kier molecular flexibility index (Phi) is 5.49. The van der Waals surface area contributed by atoms with Crippen molar-refractivity contribution in [3.05, 3.63) is 66.2 Å². The van der Waals surface area contributed by atoms with Crippen molar-refractivity contribution in [3.8, 4) is 0 Å². The molecule has 19 heavy (non-hydrogen) atoms. The Morgan fingerprint density at radius 3 is 1.68 bits per heavy atom. The summed E-state index contributed by atoms with van der Waals surface area (Å²) in [6.07, 6.45) is 7.12. The zero-order valence-corrected chi connectivity index (χ0v) is 11.5. The van der Waals surface area contributed by atoms with Gasteiger partial charge in [-0.1, -0.05) is 67.8 Å². The fourth-order valence-corrected chi connectivity index (χ4v) is 2.61. The molecule has 0 aromatic heterocycles. The highest BCUT2D eigenvalue weighted by atomic mass is 14.5. The van der Waals surface area contributed by atoms with Crippen LogP contribution < -0.4 is 5.73 Å². The summed E-state index contributed by atoms with van der Waals surface area (Å²) >= 11 is 0. The highest BCUT2D eigenvalue weighted by molar-refractivity contribution is 5.35. The van der Waals surface area contributed by atoms with Crippen LogP contribution in [0, 0.1) is 0 Å². The number of nitrogen functional groups attached to an aromatic ring is 1.